The summed E-state index contributed by atoms with van der Waals surface area (Å²) in [5.74, 6) is -0.882. The van der Waals surface area contributed by atoms with E-state index in [2.05, 4.69) is 6.07 Å². The number of hydrogen-bond acceptors (Lipinski definition) is 5. The molecule has 7 nitrogen and oxygen atoms in total. The highest BCUT2D eigenvalue weighted by atomic mass is 32.2. The zero-order chi connectivity index (χ0) is 18.0. The Kier molecular flexibility index (Phi) is 4.33. The number of nitrogens with zero attached hydrogens (tertiary/aromatic N) is 2. The van der Waals surface area contributed by atoms with E-state index in [0.29, 0.717) is 18.4 Å². The van der Waals surface area contributed by atoms with E-state index >= 15 is 0 Å². The molecule has 1 aliphatic heterocycles. The third-order valence-corrected chi connectivity index (χ3v) is 5.24. The Morgan fingerprint density at radius 3 is 2.64 bits per heavy atom. The largest absolute Gasteiger partial charge is 0.506 e. The Bertz CT molecular complexity index is 980. The lowest BCUT2D eigenvalue weighted by Gasteiger charge is -2.17. The Labute approximate surface area is 145 Å². The quantitative estimate of drug-likeness (QED) is 0.865. The van der Waals surface area contributed by atoms with Crippen molar-refractivity contribution in [2.45, 2.75) is 12.8 Å². The predicted octanol–water partition coefficient (Wildman–Crippen LogP) is 1.70. The number of benzene rings is 2. The van der Waals surface area contributed by atoms with E-state index in [0.717, 1.165) is 15.4 Å². The maximum Gasteiger partial charge on any atom is 0.326 e. The molecule has 0 aliphatic carbocycles. The maximum absolute atomic E-state index is 12.0. The van der Waals surface area contributed by atoms with Gasteiger partial charge in [-0.3, -0.25) is 4.79 Å². The van der Waals surface area contributed by atoms with E-state index < -0.39 is 16.1 Å². The second kappa shape index (κ2) is 6.45. The summed E-state index contributed by atoms with van der Waals surface area (Å²) in [7, 11) is -3.99. The molecule has 0 saturated carbocycles. The number of rotatable bonds is 4. The van der Waals surface area contributed by atoms with Crippen LogP contribution in [0, 0.1) is 11.3 Å². The highest BCUT2D eigenvalue weighted by Gasteiger charge is 2.35. The van der Waals surface area contributed by atoms with Gasteiger partial charge >= 0.3 is 10.2 Å². The number of carbonyl (C=O) groups excluding carboxylic acids is 1. The third-order valence-electron chi connectivity index (χ3n) is 3.85. The summed E-state index contributed by atoms with van der Waals surface area (Å²) < 4.78 is 26.7. The molecule has 2 aromatic carbocycles. The number of phenolic OH excluding ortho intramolecular Hbond substituents is 1. The summed E-state index contributed by atoms with van der Waals surface area (Å²) in [4.78, 5) is 11.4. The van der Waals surface area contributed by atoms with E-state index in [1.54, 1.807) is 6.07 Å². The first-order valence-electron chi connectivity index (χ1n) is 7.53. The number of phenols is 1. The first-order valence-corrected chi connectivity index (χ1v) is 8.97. The molecule has 0 bridgehead atoms. The van der Waals surface area contributed by atoms with E-state index in [4.69, 9.17) is 5.26 Å². The lowest BCUT2D eigenvalue weighted by atomic mass is 10.0. The van der Waals surface area contributed by atoms with E-state index in [9.17, 15) is 18.3 Å². The Hall–Kier alpha value is -3.05. The van der Waals surface area contributed by atoms with E-state index in [1.165, 1.54) is 12.1 Å². The van der Waals surface area contributed by atoms with Crippen molar-refractivity contribution in [3.05, 3.63) is 48.0 Å². The van der Waals surface area contributed by atoms with Crippen molar-refractivity contribution < 1.29 is 18.3 Å². The van der Waals surface area contributed by atoms with Crippen LogP contribution in [0.2, 0.25) is 0 Å². The van der Waals surface area contributed by atoms with Crippen LogP contribution in [0.4, 0.5) is 5.69 Å². The second-order valence-electron chi connectivity index (χ2n) is 5.60. The Morgan fingerprint density at radius 1 is 1.20 bits per heavy atom. The molecular formula is C17H15N3O4S. The molecule has 0 spiro atoms. The summed E-state index contributed by atoms with van der Waals surface area (Å²) in [6.07, 6.45) is 1.03. The molecule has 25 heavy (non-hydrogen) atoms. The van der Waals surface area contributed by atoms with Crippen molar-refractivity contribution in [2.75, 3.05) is 10.8 Å². The maximum atomic E-state index is 12.0. The van der Waals surface area contributed by atoms with Crippen LogP contribution in [0.3, 0.4) is 0 Å². The number of anilines is 1. The Morgan fingerprint density at radius 2 is 1.96 bits per heavy atom. The molecule has 1 amide bonds. The number of amides is 1. The van der Waals surface area contributed by atoms with Crippen molar-refractivity contribution in [2.24, 2.45) is 0 Å². The summed E-state index contributed by atoms with van der Waals surface area (Å²) in [5, 5.41) is 18.7. The van der Waals surface area contributed by atoms with Crippen molar-refractivity contribution in [3.8, 4) is 22.9 Å². The van der Waals surface area contributed by atoms with Crippen molar-refractivity contribution in [3.63, 3.8) is 0 Å². The van der Waals surface area contributed by atoms with Crippen LogP contribution in [-0.4, -0.2) is 26.0 Å². The van der Waals surface area contributed by atoms with Gasteiger partial charge in [0, 0.05) is 6.42 Å². The summed E-state index contributed by atoms with van der Waals surface area (Å²) in [5.41, 5.74) is 2.55. The van der Waals surface area contributed by atoms with Gasteiger partial charge in [-0.2, -0.15) is 13.7 Å². The number of carbonyl (C=O) groups is 1. The molecule has 2 N–H and O–H groups in total. The first-order chi connectivity index (χ1) is 11.9. The standard InChI is InChI=1S/C17H15N3O4S/c18-8-2-4-12-3-1-5-13(9-12)14-6-7-16(21)15(10-14)20-11-17(22)19-25(20,23)24/h1,3,5-7,9-10,21H,2,4,11H2,(H,19,22). The van der Waals surface area contributed by atoms with Crippen LogP contribution in [0.1, 0.15) is 12.0 Å². The highest BCUT2D eigenvalue weighted by molar-refractivity contribution is 7.92. The van der Waals surface area contributed by atoms with Gasteiger partial charge in [0.2, 0.25) is 0 Å². The summed E-state index contributed by atoms with van der Waals surface area (Å²) >= 11 is 0. The number of aryl methyl sites for hydroxylation is 1. The molecule has 0 unspecified atom stereocenters. The molecule has 1 heterocycles. The third kappa shape index (κ3) is 3.41. The number of nitrogens with one attached hydrogen (secondary N) is 1. The minimum Gasteiger partial charge on any atom is -0.506 e. The number of hydrogen-bond donors (Lipinski definition) is 2. The van der Waals surface area contributed by atoms with Crippen LogP contribution in [0.25, 0.3) is 11.1 Å². The van der Waals surface area contributed by atoms with Gasteiger partial charge in [0.1, 0.15) is 12.3 Å². The molecule has 1 fully saturated rings. The van der Waals surface area contributed by atoms with Crippen LogP contribution in [-0.2, 0) is 21.4 Å². The van der Waals surface area contributed by atoms with E-state index in [1.807, 2.05) is 29.0 Å². The molecule has 3 rings (SSSR count). The molecule has 128 valence electrons. The molecule has 1 aliphatic rings. The fourth-order valence-corrected chi connectivity index (χ4v) is 3.83. The molecular weight excluding hydrogens is 342 g/mol. The minimum absolute atomic E-state index is 0.0401. The topological polar surface area (TPSA) is 110 Å². The monoisotopic (exact) mass is 357 g/mol. The lowest BCUT2D eigenvalue weighted by molar-refractivity contribution is -0.117. The van der Waals surface area contributed by atoms with Gasteiger partial charge in [-0.25, -0.2) is 9.03 Å². The van der Waals surface area contributed by atoms with Gasteiger partial charge < -0.3 is 5.11 Å². The fraction of sp³-hybridized carbons (Fsp3) is 0.176. The predicted molar refractivity (Wildman–Crippen MR) is 91.9 cm³/mol. The summed E-state index contributed by atoms with van der Waals surface area (Å²) in [6, 6.07) is 14.2. The second-order valence-corrected chi connectivity index (χ2v) is 7.19. The molecule has 2 aromatic rings. The lowest BCUT2D eigenvalue weighted by Crippen LogP contribution is -2.29. The van der Waals surface area contributed by atoms with Crippen LogP contribution in [0.15, 0.2) is 42.5 Å². The van der Waals surface area contributed by atoms with Gasteiger partial charge in [0.05, 0.1) is 11.8 Å². The number of aromatic hydroxyl groups is 1. The van der Waals surface area contributed by atoms with Gasteiger partial charge in [-0.15, -0.1) is 0 Å². The van der Waals surface area contributed by atoms with Crippen molar-refractivity contribution in [1.29, 1.82) is 5.26 Å². The molecule has 0 atom stereocenters. The zero-order valence-corrected chi connectivity index (χ0v) is 14.0. The van der Waals surface area contributed by atoms with Gasteiger partial charge in [-0.05, 0) is 35.2 Å². The zero-order valence-electron chi connectivity index (χ0n) is 13.1. The fourth-order valence-electron chi connectivity index (χ4n) is 2.67. The molecule has 8 heteroatoms. The van der Waals surface area contributed by atoms with Gasteiger partial charge in [0.25, 0.3) is 5.91 Å². The smallest absolute Gasteiger partial charge is 0.326 e. The average molecular weight is 357 g/mol. The van der Waals surface area contributed by atoms with Crippen LogP contribution >= 0.6 is 0 Å². The molecule has 1 saturated heterocycles. The average Bonchev–Trinajstić information content (AvgIpc) is 2.86. The summed E-state index contributed by atoms with van der Waals surface area (Å²) in [6.45, 7) is -0.373. The molecule has 0 aromatic heterocycles. The SMILES string of the molecule is N#CCCc1cccc(-c2ccc(O)c(N3CC(=O)NS3(=O)=O)c2)c1. The Balaban J connectivity index is 2.00. The van der Waals surface area contributed by atoms with Crippen molar-refractivity contribution in [1.82, 2.24) is 4.72 Å². The normalized spacial score (nSPS) is 15.6. The van der Waals surface area contributed by atoms with E-state index in [-0.39, 0.29) is 18.0 Å². The molecule has 0 radical (unpaired) electrons. The highest BCUT2D eigenvalue weighted by Crippen LogP contribution is 2.35. The van der Waals surface area contributed by atoms with Crippen molar-refractivity contribution >= 4 is 21.8 Å². The first kappa shape index (κ1) is 16.8. The van der Waals surface area contributed by atoms with Gasteiger partial charge in [0.15, 0.2) is 0 Å². The van der Waals surface area contributed by atoms with Gasteiger partial charge in [-0.1, -0.05) is 30.3 Å². The van der Waals surface area contributed by atoms with Crippen LogP contribution < -0.4 is 9.03 Å². The van der Waals surface area contributed by atoms with Crippen LogP contribution in [0.5, 0.6) is 5.75 Å². The number of nitriles is 1. The minimum atomic E-state index is -3.99.